The van der Waals surface area contributed by atoms with Gasteiger partial charge in [0.2, 0.25) is 0 Å². The van der Waals surface area contributed by atoms with Gasteiger partial charge in [-0.1, -0.05) is 28.1 Å². The zero-order valence-electron chi connectivity index (χ0n) is 10.3. The van der Waals surface area contributed by atoms with Gasteiger partial charge in [-0.2, -0.15) is 8.42 Å². The largest absolute Gasteiger partial charge is 0.495 e. The van der Waals surface area contributed by atoms with E-state index in [4.69, 9.17) is 8.92 Å². The van der Waals surface area contributed by atoms with Crippen LogP contribution in [-0.2, 0) is 10.1 Å². The fourth-order valence-electron chi connectivity index (χ4n) is 1.52. The monoisotopic (exact) mass is 420 g/mol. The number of ether oxygens (including phenoxy) is 1. The molecule has 0 unspecified atom stereocenters. The Morgan fingerprint density at radius 3 is 2.35 bits per heavy atom. The highest BCUT2D eigenvalue weighted by molar-refractivity contribution is 9.10. The second-order valence-corrected chi connectivity index (χ2v) is 7.05. The van der Waals surface area contributed by atoms with Gasteiger partial charge in [0.05, 0.1) is 11.6 Å². The summed E-state index contributed by atoms with van der Waals surface area (Å²) in [7, 11) is -2.58. The van der Waals surface area contributed by atoms with E-state index in [1.165, 1.54) is 13.2 Å². The molecule has 0 radical (unpaired) electrons. The maximum atomic E-state index is 12.3. The van der Waals surface area contributed by atoms with Crippen LogP contribution in [0, 0.1) is 0 Å². The minimum absolute atomic E-state index is 0.0369. The van der Waals surface area contributed by atoms with E-state index in [0.29, 0.717) is 8.95 Å². The number of methoxy groups -OCH3 is 1. The van der Waals surface area contributed by atoms with Crippen LogP contribution in [0.4, 0.5) is 0 Å². The number of hydrogen-bond acceptors (Lipinski definition) is 4. The summed E-state index contributed by atoms with van der Waals surface area (Å²) in [6.45, 7) is 0. The van der Waals surface area contributed by atoms with Crippen molar-refractivity contribution in [1.29, 1.82) is 0 Å². The normalized spacial score (nSPS) is 11.2. The molecular formula is C13H10Br2O4S. The molecule has 0 amide bonds. The third kappa shape index (κ3) is 3.34. The molecule has 0 aliphatic rings. The summed E-state index contributed by atoms with van der Waals surface area (Å²) in [5.41, 5.74) is 0. The van der Waals surface area contributed by atoms with Crippen LogP contribution in [0.2, 0.25) is 0 Å². The first kappa shape index (κ1) is 15.3. The van der Waals surface area contributed by atoms with Crippen molar-refractivity contribution in [3.8, 4) is 11.5 Å². The summed E-state index contributed by atoms with van der Waals surface area (Å²) < 4.78 is 36.1. The summed E-state index contributed by atoms with van der Waals surface area (Å²) in [5, 5.41) is 0. The Morgan fingerprint density at radius 1 is 1.00 bits per heavy atom. The van der Waals surface area contributed by atoms with Gasteiger partial charge in [-0.3, -0.25) is 0 Å². The van der Waals surface area contributed by atoms with E-state index in [0.717, 1.165) is 0 Å². The van der Waals surface area contributed by atoms with Crippen molar-refractivity contribution in [3.63, 3.8) is 0 Å². The molecule has 2 rings (SSSR count). The molecule has 0 heterocycles. The number of hydrogen-bond donors (Lipinski definition) is 0. The highest BCUT2D eigenvalue weighted by Gasteiger charge is 2.23. The number of para-hydroxylation sites is 1. The van der Waals surface area contributed by atoms with Gasteiger partial charge in [-0.05, 0) is 46.3 Å². The van der Waals surface area contributed by atoms with Gasteiger partial charge in [-0.25, -0.2) is 0 Å². The molecule has 4 nitrogen and oxygen atoms in total. The van der Waals surface area contributed by atoms with Crippen molar-refractivity contribution >= 4 is 42.0 Å². The fraction of sp³-hybridized carbons (Fsp3) is 0.0769. The topological polar surface area (TPSA) is 52.6 Å². The van der Waals surface area contributed by atoms with Crippen molar-refractivity contribution in [1.82, 2.24) is 0 Å². The smallest absolute Gasteiger partial charge is 0.343 e. The van der Waals surface area contributed by atoms with E-state index >= 15 is 0 Å². The van der Waals surface area contributed by atoms with Gasteiger partial charge in [-0.15, -0.1) is 0 Å². The number of halogens is 2. The highest BCUT2D eigenvalue weighted by atomic mass is 79.9. The van der Waals surface area contributed by atoms with Gasteiger partial charge < -0.3 is 8.92 Å². The van der Waals surface area contributed by atoms with Crippen LogP contribution < -0.4 is 8.92 Å². The molecule has 0 bridgehead atoms. The standard InChI is InChI=1S/C13H10Br2O4S/c1-18-12-7-6-9(14)8-13(12)20(16,17)19-11-5-3-2-4-10(11)15/h2-8H,1H3. The third-order valence-electron chi connectivity index (χ3n) is 2.43. The van der Waals surface area contributed by atoms with Gasteiger partial charge in [0.25, 0.3) is 0 Å². The lowest BCUT2D eigenvalue weighted by molar-refractivity contribution is 0.398. The minimum atomic E-state index is -3.99. The lowest BCUT2D eigenvalue weighted by Crippen LogP contribution is -2.11. The molecule has 0 aliphatic carbocycles. The molecule has 0 aromatic heterocycles. The molecule has 0 spiro atoms. The molecule has 0 atom stereocenters. The second-order valence-electron chi connectivity index (χ2n) is 3.76. The lowest BCUT2D eigenvalue weighted by Gasteiger charge is -2.11. The van der Waals surface area contributed by atoms with Gasteiger partial charge in [0.15, 0.2) is 5.75 Å². The van der Waals surface area contributed by atoms with Crippen LogP contribution in [0.1, 0.15) is 0 Å². The van der Waals surface area contributed by atoms with E-state index in [2.05, 4.69) is 31.9 Å². The molecule has 2 aromatic carbocycles. The third-order valence-corrected chi connectivity index (χ3v) is 4.84. The van der Waals surface area contributed by atoms with Crippen LogP contribution in [0.5, 0.6) is 11.5 Å². The first-order chi connectivity index (χ1) is 9.44. The Morgan fingerprint density at radius 2 is 1.70 bits per heavy atom. The van der Waals surface area contributed by atoms with Crippen molar-refractivity contribution < 1.29 is 17.3 Å². The van der Waals surface area contributed by atoms with E-state index in [-0.39, 0.29) is 16.4 Å². The van der Waals surface area contributed by atoms with Gasteiger partial charge in [0, 0.05) is 4.47 Å². The van der Waals surface area contributed by atoms with Crippen LogP contribution in [-0.4, -0.2) is 15.5 Å². The lowest BCUT2D eigenvalue weighted by atomic mass is 10.3. The molecule has 0 aliphatic heterocycles. The average Bonchev–Trinajstić information content (AvgIpc) is 2.41. The fourth-order valence-corrected chi connectivity index (χ4v) is 3.65. The molecular weight excluding hydrogens is 412 g/mol. The van der Waals surface area contributed by atoms with Crippen LogP contribution in [0.15, 0.2) is 56.3 Å². The SMILES string of the molecule is COc1ccc(Br)cc1S(=O)(=O)Oc1ccccc1Br. The molecule has 7 heteroatoms. The zero-order valence-corrected chi connectivity index (χ0v) is 14.3. The minimum Gasteiger partial charge on any atom is -0.495 e. The van der Waals surface area contributed by atoms with Crippen LogP contribution in [0.25, 0.3) is 0 Å². The highest BCUT2D eigenvalue weighted by Crippen LogP contribution is 2.32. The molecule has 106 valence electrons. The Kier molecular flexibility index (Phi) is 4.72. The average molecular weight is 422 g/mol. The summed E-state index contributed by atoms with van der Waals surface area (Å²) in [6.07, 6.45) is 0. The van der Waals surface area contributed by atoms with Crippen LogP contribution in [0.3, 0.4) is 0 Å². The molecule has 2 aromatic rings. The van der Waals surface area contributed by atoms with E-state index in [1.807, 2.05) is 0 Å². The summed E-state index contributed by atoms with van der Waals surface area (Å²) >= 11 is 6.47. The van der Waals surface area contributed by atoms with E-state index < -0.39 is 10.1 Å². The van der Waals surface area contributed by atoms with Crippen molar-refractivity contribution in [2.24, 2.45) is 0 Å². The number of benzene rings is 2. The molecule has 0 saturated carbocycles. The van der Waals surface area contributed by atoms with Crippen molar-refractivity contribution in [3.05, 3.63) is 51.4 Å². The predicted molar refractivity (Wildman–Crippen MR) is 82.6 cm³/mol. The Labute approximate surface area is 134 Å². The molecule has 0 N–H and O–H groups in total. The second kappa shape index (κ2) is 6.15. The zero-order chi connectivity index (χ0) is 14.8. The maximum Gasteiger partial charge on any atom is 0.343 e. The number of rotatable bonds is 4. The molecule has 20 heavy (non-hydrogen) atoms. The summed E-state index contributed by atoms with van der Waals surface area (Å²) in [4.78, 5) is -0.0369. The molecule has 0 saturated heterocycles. The Bertz CT molecular complexity index is 729. The Balaban J connectivity index is 2.46. The van der Waals surface area contributed by atoms with Gasteiger partial charge >= 0.3 is 10.1 Å². The Hall–Kier alpha value is -1.05. The van der Waals surface area contributed by atoms with Crippen LogP contribution >= 0.6 is 31.9 Å². The first-order valence-electron chi connectivity index (χ1n) is 5.46. The van der Waals surface area contributed by atoms with Gasteiger partial charge in [0.1, 0.15) is 10.6 Å². The quantitative estimate of drug-likeness (QED) is 0.700. The first-order valence-corrected chi connectivity index (χ1v) is 8.46. The van der Waals surface area contributed by atoms with Crippen molar-refractivity contribution in [2.75, 3.05) is 7.11 Å². The van der Waals surface area contributed by atoms with Crippen molar-refractivity contribution in [2.45, 2.75) is 4.90 Å². The predicted octanol–water partition coefficient (Wildman–Crippen LogP) is 3.99. The van der Waals surface area contributed by atoms with E-state index in [1.54, 1.807) is 36.4 Å². The summed E-state index contributed by atoms with van der Waals surface area (Å²) in [5.74, 6) is 0.440. The summed E-state index contributed by atoms with van der Waals surface area (Å²) in [6, 6.07) is 11.4. The maximum absolute atomic E-state index is 12.3. The molecule has 0 fully saturated rings. The van der Waals surface area contributed by atoms with E-state index in [9.17, 15) is 8.42 Å².